The molecule has 0 bridgehead atoms. The summed E-state index contributed by atoms with van der Waals surface area (Å²) in [6, 6.07) is 5.64. The first-order valence-corrected chi connectivity index (χ1v) is 6.68. The molecule has 1 aliphatic rings. The van der Waals surface area contributed by atoms with Gasteiger partial charge in [-0.25, -0.2) is 0 Å². The Morgan fingerprint density at radius 3 is 2.67 bits per heavy atom. The molecular weight excluding hydrogens is 224 g/mol. The van der Waals surface area contributed by atoms with Crippen LogP contribution in [0, 0.1) is 11.3 Å². The van der Waals surface area contributed by atoms with Crippen LogP contribution in [0.25, 0.3) is 0 Å². The van der Waals surface area contributed by atoms with E-state index < -0.39 is 0 Å². The van der Waals surface area contributed by atoms with Crippen molar-refractivity contribution in [1.29, 1.82) is 0 Å². The molecule has 2 rings (SSSR count). The number of pyridine rings is 1. The molecule has 0 radical (unpaired) electrons. The van der Waals surface area contributed by atoms with Crippen molar-refractivity contribution in [3.63, 3.8) is 0 Å². The zero-order valence-electron chi connectivity index (χ0n) is 11.4. The lowest BCUT2D eigenvalue weighted by Gasteiger charge is -2.31. The molecule has 0 spiro atoms. The summed E-state index contributed by atoms with van der Waals surface area (Å²) in [7, 11) is 0. The highest BCUT2D eigenvalue weighted by Gasteiger charge is 2.33. The number of rotatable bonds is 4. The lowest BCUT2D eigenvalue weighted by Crippen LogP contribution is -2.44. The minimum atomic E-state index is -0.0591. The molecule has 3 heteroatoms. The first-order chi connectivity index (χ1) is 8.47. The van der Waals surface area contributed by atoms with Gasteiger partial charge < -0.3 is 5.32 Å². The van der Waals surface area contributed by atoms with Gasteiger partial charge in [0, 0.05) is 12.2 Å². The molecule has 1 heterocycles. The van der Waals surface area contributed by atoms with Gasteiger partial charge >= 0.3 is 0 Å². The second-order valence-corrected chi connectivity index (χ2v) is 6.29. The largest absolute Gasteiger partial charge is 0.347 e. The zero-order chi connectivity index (χ0) is 13.2. The normalized spacial score (nSPS) is 17.3. The van der Waals surface area contributed by atoms with E-state index in [1.165, 1.54) is 12.8 Å². The van der Waals surface area contributed by atoms with Crippen molar-refractivity contribution in [2.45, 2.75) is 46.1 Å². The molecule has 0 aromatic carbocycles. The molecular formula is C15H22N2O. The van der Waals surface area contributed by atoms with Gasteiger partial charge in [0.05, 0.1) is 0 Å². The number of nitrogens with zero attached hydrogens (tertiary/aromatic N) is 1. The van der Waals surface area contributed by atoms with E-state index in [2.05, 4.69) is 31.1 Å². The first-order valence-electron chi connectivity index (χ1n) is 6.68. The molecule has 1 unspecified atom stereocenters. The molecule has 18 heavy (non-hydrogen) atoms. The second kappa shape index (κ2) is 5.09. The van der Waals surface area contributed by atoms with Crippen LogP contribution in [0.5, 0.6) is 0 Å². The summed E-state index contributed by atoms with van der Waals surface area (Å²) in [4.78, 5) is 16.2. The van der Waals surface area contributed by atoms with Crippen molar-refractivity contribution in [3.8, 4) is 0 Å². The van der Waals surface area contributed by atoms with Crippen LogP contribution < -0.4 is 5.32 Å². The average Bonchev–Trinajstić information content (AvgIpc) is 3.12. The zero-order valence-corrected chi connectivity index (χ0v) is 11.4. The average molecular weight is 246 g/mol. The van der Waals surface area contributed by atoms with E-state index in [1.807, 2.05) is 12.1 Å². The Balaban J connectivity index is 2.02. The van der Waals surface area contributed by atoms with Crippen molar-refractivity contribution in [2.24, 2.45) is 11.3 Å². The minimum absolute atomic E-state index is 0.0591. The number of hydrogen-bond acceptors (Lipinski definition) is 2. The summed E-state index contributed by atoms with van der Waals surface area (Å²) in [6.45, 7) is 6.54. The van der Waals surface area contributed by atoms with Crippen LogP contribution in [0.2, 0.25) is 0 Å². The van der Waals surface area contributed by atoms with Crippen molar-refractivity contribution >= 4 is 5.91 Å². The Labute approximate surface area is 109 Å². The molecule has 1 aromatic heterocycles. The van der Waals surface area contributed by atoms with Crippen LogP contribution >= 0.6 is 0 Å². The summed E-state index contributed by atoms with van der Waals surface area (Å²) in [5, 5.41) is 3.14. The first kappa shape index (κ1) is 13.1. The molecule has 1 N–H and O–H groups in total. The fraction of sp³-hybridized carbons (Fsp3) is 0.600. The molecule has 1 saturated carbocycles. The molecule has 98 valence electrons. The highest BCUT2D eigenvalue weighted by molar-refractivity contribution is 5.92. The van der Waals surface area contributed by atoms with Gasteiger partial charge in [-0.1, -0.05) is 39.7 Å². The maximum absolute atomic E-state index is 12.1. The monoisotopic (exact) mass is 246 g/mol. The highest BCUT2D eigenvalue weighted by atomic mass is 16.1. The summed E-state index contributed by atoms with van der Waals surface area (Å²) < 4.78 is 0. The van der Waals surface area contributed by atoms with Crippen LogP contribution in [0.15, 0.2) is 24.4 Å². The standard InChI is InChI=1S/C15H22N2O/c1-15(2,3)13(10-11-7-8-11)17-14(18)12-6-4-5-9-16-12/h4-6,9,11,13H,7-8,10H2,1-3H3,(H,17,18). The quantitative estimate of drug-likeness (QED) is 0.887. The minimum Gasteiger partial charge on any atom is -0.347 e. The third-order valence-electron chi connectivity index (χ3n) is 3.51. The van der Waals surface area contributed by atoms with Gasteiger partial charge in [-0.05, 0) is 29.9 Å². The Kier molecular flexibility index (Phi) is 3.69. The van der Waals surface area contributed by atoms with Gasteiger partial charge in [0.25, 0.3) is 5.91 Å². The van der Waals surface area contributed by atoms with Gasteiger partial charge in [-0.15, -0.1) is 0 Å². The van der Waals surface area contributed by atoms with Crippen molar-refractivity contribution in [2.75, 3.05) is 0 Å². The van der Waals surface area contributed by atoms with E-state index in [1.54, 1.807) is 12.3 Å². The van der Waals surface area contributed by atoms with Crippen LogP contribution in [0.3, 0.4) is 0 Å². The Hall–Kier alpha value is -1.38. The van der Waals surface area contributed by atoms with Gasteiger partial charge in [-0.3, -0.25) is 9.78 Å². The molecule has 0 saturated heterocycles. The fourth-order valence-corrected chi connectivity index (χ4v) is 2.05. The van der Waals surface area contributed by atoms with Gasteiger partial charge in [-0.2, -0.15) is 0 Å². The topological polar surface area (TPSA) is 42.0 Å². The second-order valence-electron chi connectivity index (χ2n) is 6.29. The van der Waals surface area contributed by atoms with E-state index in [9.17, 15) is 4.79 Å². The molecule has 1 fully saturated rings. The van der Waals surface area contributed by atoms with Gasteiger partial charge in [0.15, 0.2) is 0 Å². The molecule has 1 atom stereocenters. The van der Waals surface area contributed by atoms with Crippen LogP contribution in [0.4, 0.5) is 0 Å². The van der Waals surface area contributed by atoms with Crippen molar-refractivity contribution in [3.05, 3.63) is 30.1 Å². The van der Waals surface area contributed by atoms with Crippen LogP contribution in [-0.4, -0.2) is 16.9 Å². The summed E-state index contributed by atoms with van der Waals surface area (Å²) >= 11 is 0. The third kappa shape index (κ3) is 3.56. The SMILES string of the molecule is CC(C)(C)C(CC1CC1)NC(=O)c1ccccn1. The number of amides is 1. The van der Waals surface area contributed by atoms with E-state index in [-0.39, 0.29) is 17.4 Å². The predicted molar refractivity (Wildman–Crippen MR) is 72.3 cm³/mol. The van der Waals surface area contributed by atoms with Crippen molar-refractivity contribution < 1.29 is 4.79 Å². The molecule has 1 aromatic rings. The Morgan fingerprint density at radius 2 is 2.17 bits per heavy atom. The lowest BCUT2D eigenvalue weighted by molar-refractivity contribution is 0.0889. The number of nitrogens with one attached hydrogen (secondary N) is 1. The molecule has 1 aliphatic carbocycles. The number of aromatic nitrogens is 1. The Bertz CT molecular complexity index is 404. The highest BCUT2D eigenvalue weighted by Crippen LogP contribution is 2.37. The number of carbonyl (C=O) groups is 1. The maximum Gasteiger partial charge on any atom is 0.270 e. The summed E-state index contributed by atoms with van der Waals surface area (Å²) in [5.74, 6) is 0.745. The molecule has 1 amide bonds. The fourth-order valence-electron chi connectivity index (χ4n) is 2.05. The number of carbonyl (C=O) groups excluding carboxylic acids is 1. The third-order valence-corrected chi connectivity index (χ3v) is 3.51. The smallest absolute Gasteiger partial charge is 0.270 e. The van der Waals surface area contributed by atoms with E-state index in [4.69, 9.17) is 0 Å². The number of hydrogen-bond donors (Lipinski definition) is 1. The Morgan fingerprint density at radius 1 is 1.44 bits per heavy atom. The van der Waals surface area contributed by atoms with Crippen LogP contribution in [-0.2, 0) is 0 Å². The van der Waals surface area contributed by atoms with E-state index >= 15 is 0 Å². The molecule has 0 aliphatic heterocycles. The van der Waals surface area contributed by atoms with Crippen molar-refractivity contribution in [1.82, 2.24) is 10.3 Å². The predicted octanol–water partition coefficient (Wildman–Crippen LogP) is 3.03. The van der Waals surface area contributed by atoms with Gasteiger partial charge in [0.2, 0.25) is 0 Å². The lowest BCUT2D eigenvalue weighted by atomic mass is 9.83. The van der Waals surface area contributed by atoms with E-state index in [0.717, 1.165) is 12.3 Å². The van der Waals surface area contributed by atoms with Crippen LogP contribution in [0.1, 0.15) is 50.5 Å². The van der Waals surface area contributed by atoms with E-state index in [0.29, 0.717) is 5.69 Å². The molecule has 3 nitrogen and oxygen atoms in total. The summed E-state index contributed by atoms with van der Waals surface area (Å²) in [5.41, 5.74) is 0.593. The van der Waals surface area contributed by atoms with Gasteiger partial charge in [0.1, 0.15) is 5.69 Å². The maximum atomic E-state index is 12.1. The summed E-state index contributed by atoms with van der Waals surface area (Å²) in [6.07, 6.45) is 5.36.